The Morgan fingerprint density at radius 2 is 2.15 bits per heavy atom. The van der Waals surface area contributed by atoms with Crippen LogP contribution in [-0.4, -0.2) is 42.6 Å². The van der Waals surface area contributed by atoms with Crippen molar-refractivity contribution in [3.05, 3.63) is 0 Å². The van der Waals surface area contributed by atoms with Crippen LogP contribution in [-0.2, 0) is 4.79 Å². The first-order valence-electron chi connectivity index (χ1n) is 4.68. The lowest BCUT2D eigenvalue weighted by molar-refractivity contribution is -0.136. The maximum absolute atomic E-state index is 11.2. The zero-order valence-corrected chi connectivity index (χ0v) is 8.71. The maximum Gasteiger partial charge on any atom is 0.237 e. The van der Waals surface area contributed by atoms with E-state index in [-0.39, 0.29) is 11.3 Å². The summed E-state index contributed by atoms with van der Waals surface area (Å²) in [4.78, 5) is 11.2. The van der Waals surface area contributed by atoms with Crippen molar-refractivity contribution in [1.29, 1.82) is 0 Å². The number of hydrogen-bond donors (Lipinski definition) is 1. The van der Waals surface area contributed by atoms with Gasteiger partial charge in [-0.2, -0.15) is 0 Å². The number of carbonyl (C=O) groups is 1. The second-order valence-electron chi connectivity index (χ2n) is 4.42. The van der Waals surface area contributed by atoms with Crippen LogP contribution in [0.2, 0.25) is 0 Å². The van der Waals surface area contributed by atoms with Crippen molar-refractivity contribution >= 4 is 5.91 Å². The van der Waals surface area contributed by atoms with Gasteiger partial charge in [0.1, 0.15) is 0 Å². The molecule has 2 N–H and O–H groups in total. The molecule has 0 aromatic carbocycles. The Balaban J connectivity index is 2.51. The second kappa shape index (κ2) is 3.64. The highest BCUT2D eigenvalue weighted by molar-refractivity contribution is 5.77. The van der Waals surface area contributed by atoms with Gasteiger partial charge in [-0.15, -0.1) is 0 Å². The van der Waals surface area contributed by atoms with Gasteiger partial charge < -0.3 is 5.73 Å². The van der Waals surface area contributed by atoms with Crippen molar-refractivity contribution in [3.8, 4) is 0 Å². The zero-order chi connectivity index (χ0) is 10.1. The molecule has 1 amide bonds. The Morgan fingerprint density at radius 1 is 1.54 bits per heavy atom. The van der Waals surface area contributed by atoms with Crippen molar-refractivity contribution < 1.29 is 4.79 Å². The van der Waals surface area contributed by atoms with Gasteiger partial charge in [0.2, 0.25) is 5.91 Å². The quantitative estimate of drug-likeness (QED) is 0.676. The van der Waals surface area contributed by atoms with Crippen molar-refractivity contribution in [2.24, 2.45) is 11.1 Å². The van der Waals surface area contributed by atoms with Gasteiger partial charge in [-0.3, -0.25) is 9.80 Å². The second-order valence-corrected chi connectivity index (χ2v) is 4.42. The van der Waals surface area contributed by atoms with Gasteiger partial charge in [0.25, 0.3) is 0 Å². The lowest BCUT2D eigenvalue weighted by atomic mass is 9.94. The minimum Gasteiger partial charge on any atom is -0.330 e. The molecule has 1 aliphatic heterocycles. The van der Waals surface area contributed by atoms with Gasteiger partial charge >= 0.3 is 0 Å². The lowest BCUT2D eigenvalue weighted by Gasteiger charge is -2.32. The minimum absolute atomic E-state index is 0.0822. The van der Waals surface area contributed by atoms with E-state index in [0.717, 1.165) is 13.1 Å². The Morgan fingerprint density at radius 3 is 2.54 bits per heavy atom. The van der Waals surface area contributed by atoms with Gasteiger partial charge in [-0.25, -0.2) is 5.01 Å². The van der Waals surface area contributed by atoms with Crippen molar-refractivity contribution in [3.63, 3.8) is 0 Å². The third-order valence-electron chi connectivity index (χ3n) is 2.53. The number of rotatable bonds is 3. The molecule has 4 heteroatoms. The molecule has 1 saturated heterocycles. The number of amides is 1. The molecule has 0 aliphatic carbocycles. The molecule has 0 radical (unpaired) electrons. The number of nitrogens with zero attached hydrogens (tertiary/aromatic N) is 2. The van der Waals surface area contributed by atoms with Gasteiger partial charge in [-0.1, -0.05) is 13.8 Å². The van der Waals surface area contributed by atoms with Crippen LogP contribution in [0.15, 0.2) is 0 Å². The molecular formula is C9H19N3O. The van der Waals surface area contributed by atoms with Crippen molar-refractivity contribution in [2.75, 3.05) is 26.7 Å². The first-order chi connectivity index (χ1) is 5.96. The van der Waals surface area contributed by atoms with E-state index in [9.17, 15) is 4.79 Å². The van der Waals surface area contributed by atoms with E-state index in [1.807, 2.05) is 7.05 Å². The Hall–Kier alpha value is -0.610. The smallest absolute Gasteiger partial charge is 0.237 e. The fraction of sp³-hybridized carbons (Fsp3) is 0.889. The average molecular weight is 185 g/mol. The molecule has 76 valence electrons. The van der Waals surface area contributed by atoms with Crippen LogP contribution in [0.1, 0.15) is 20.3 Å². The summed E-state index contributed by atoms with van der Waals surface area (Å²) in [6.07, 6.45) is 0.636. The molecule has 13 heavy (non-hydrogen) atoms. The predicted octanol–water partition coefficient (Wildman–Crippen LogP) is 0.0504. The van der Waals surface area contributed by atoms with Gasteiger partial charge in [-0.05, 0) is 12.0 Å². The van der Waals surface area contributed by atoms with Crippen LogP contribution in [0.3, 0.4) is 0 Å². The summed E-state index contributed by atoms with van der Waals surface area (Å²) in [6.45, 7) is 6.56. The fourth-order valence-corrected chi connectivity index (χ4v) is 1.44. The van der Waals surface area contributed by atoms with Gasteiger partial charge in [0.15, 0.2) is 0 Å². The van der Waals surface area contributed by atoms with E-state index < -0.39 is 0 Å². The van der Waals surface area contributed by atoms with Gasteiger partial charge in [0.05, 0.1) is 0 Å². The molecule has 0 bridgehead atoms. The maximum atomic E-state index is 11.2. The standard InChI is InChI=1S/C9H19N3O/c1-9(2,6-10)7-12-5-4-8(13)11(12)3/h4-7,10H2,1-3H3. The Bertz CT molecular complexity index is 203. The van der Waals surface area contributed by atoms with E-state index in [0.29, 0.717) is 13.0 Å². The van der Waals surface area contributed by atoms with E-state index in [2.05, 4.69) is 18.9 Å². The van der Waals surface area contributed by atoms with E-state index in [1.54, 1.807) is 5.01 Å². The van der Waals surface area contributed by atoms with Crippen LogP contribution < -0.4 is 5.73 Å². The summed E-state index contributed by atoms with van der Waals surface area (Å²) in [6, 6.07) is 0. The molecule has 0 atom stereocenters. The third-order valence-corrected chi connectivity index (χ3v) is 2.53. The first kappa shape index (κ1) is 10.5. The summed E-state index contributed by atoms with van der Waals surface area (Å²) in [5.74, 6) is 0.202. The molecule has 1 aliphatic rings. The average Bonchev–Trinajstić information content (AvgIpc) is 2.36. The molecule has 0 aromatic rings. The van der Waals surface area contributed by atoms with E-state index in [1.165, 1.54) is 0 Å². The molecule has 0 saturated carbocycles. The number of nitrogens with two attached hydrogens (primary N) is 1. The molecule has 0 unspecified atom stereocenters. The van der Waals surface area contributed by atoms with Crippen LogP contribution >= 0.6 is 0 Å². The van der Waals surface area contributed by atoms with E-state index in [4.69, 9.17) is 5.73 Å². The van der Waals surface area contributed by atoms with Gasteiger partial charge in [0, 0.05) is 26.6 Å². The highest BCUT2D eigenvalue weighted by atomic mass is 16.2. The van der Waals surface area contributed by atoms with Crippen LogP contribution in [0, 0.1) is 5.41 Å². The summed E-state index contributed by atoms with van der Waals surface area (Å²) in [5, 5.41) is 3.77. The molecule has 1 rings (SSSR count). The number of carbonyl (C=O) groups excluding carboxylic acids is 1. The van der Waals surface area contributed by atoms with Crippen LogP contribution in [0.25, 0.3) is 0 Å². The lowest BCUT2D eigenvalue weighted by Crippen LogP contribution is -2.44. The number of hydrogen-bond acceptors (Lipinski definition) is 3. The highest BCUT2D eigenvalue weighted by Gasteiger charge is 2.29. The highest BCUT2D eigenvalue weighted by Crippen LogP contribution is 2.19. The predicted molar refractivity (Wildman–Crippen MR) is 51.8 cm³/mol. The Labute approximate surface area is 79.6 Å². The SMILES string of the molecule is CN1C(=O)CCN1CC(C)(C)CN. The molecule has 1 heterocycles. The molecule has 4 nitrogen and oxygen atoms in total. The van der Waals surface area contributed by atoms with Crippen LogP contribution in [0.4, 0.5) is 0 Å². The monoisotopic (exact) mass is 185 g/mol. The van der Waals surface area contributed by atoms with Crippen molar-refractivity contribution in [2.45, 2.75) is 20.3 Å². The Kier molecular flexibility index (Phi) is 2.93. The molecule has 0 spiro atoms. The zero-order valence-electron chi connectivity index (χ0n) is 8.71. The summed E-state index contributed by atoms with van der Waals surface area (Å²) < 4.78 is 0. The topological polar surface area (TPSA) is 49.6 Å². The third kappa shape index (κ3) is 2.42. The summed E-state index contributed by atoms with van der Waals surface area (Å²) in [7, 11) is 1.82. The number of hydrazine groups is 1. The molecule has 1 fully saturated rings. The summed E-state index contributed by atoms with van der Waals surface area (Å²) in [5.41, 5.74) is 5.72. The largest absolute Gasteiger partial charge is 0.330 e. The van der Waals surface area contributed by atoms with Crippen LogP contribution in [0.5, 0.6) is 0 Å². The normalized spacial score (nSPS) is 20.0. The molecule has 0 aromatic heterocycles. The summed E-state index contributed by atoms with van der Waals surface area (Å²) >= 11 is 0. The first-order valence-corrected chi connectivity index (χ1v) is 4.68. The van der Waals surface area contributed by atoms with E-state index >= 15 is 0 Å². The fourth-order valence-electron chi connectivity index (χ4n) is 1.44. The van der Waals surface area contributed by atoms with Crippen molar-refractivity contribution in [1.82, 2.24) is 10.0 Å². The molecular weight excluding hydrogens is 166 g/mol. The minimum atomic E-state index is 0.0822.